The van der Waals surface area contributed by atoms with E-state index in [0.717, 1.165) is 23.2 Å². The average Bonchev–Trinajstić information content (AvgIpc) is 2.87. The highest BCUT2D eigenvalue weighted by Gasteiger charge is 2.30. The van der Waals surface area contributed by atoms with Crippen LogP contribution in [0.15, 0.2) is 71.7 Å². The molecule has 1 aromatic heterocycles. The lowest BCUT2D eigenvalue weighted by Gasteiger charge is -2.19. The zero-order valence-electron chi connectivity index (χ0n) is 19.5. The van der Waals surface area contributed by atoms with Crippen LogP contribution in [-0.2, 0) is 11.4 Å². The Balaban J connectivity index is 1.67. The molecule has 0 saturated heterocycles. The molecule has 0 spiro atoms. The molecule has 0 aliphatic carbocycles. The van der Waals surface area contributed by atoms with Gasteiger partial charge in [0.15, 0.2) is 0 Å². The van der Waals surface area contributed by atoms with Crippen molar-refractivity contribution in [3.8, 4) is 5.75 Å². The zero-order chi connectivity index (χ0) is 25.0. The van der Waals surface area contributed by atoms with Crippen LogP contribution < -0.4 is 4.74 Å². The quantitative estimate of drug-likeness (QED) is 0.243. The van der Waals surface area contributed by atoms with Gasteiger partial charge in [-0.1, -0.05) is 55.5 Å². The van der Waals surface area contributed by atoms with E-state index in [9.17, 15) is 19.1 Å². The molecule has 1 unspecified atom stereocenters. The molecule has 4 rings (SSSR count). The first-order valence-electron chi connectivity index (χ1n) is 11.3. The van der Waals surface area contributed by atoms with E-state index in [1.54, 1.807) is 38.1 Å². The summed E-state index contributed by atoms with van der Waals surface area (Å²) in [5.74, 6) is -1.89. The Kier molecular flexibility index (Phi) is 6.87. The number of aliphatic carboxylic acids is 1. The number of benzene rings is 3. The second-order valence-electron chi connectivity index (χ2n) is 8.62. The van der Waals surface area contributed by atoms with Gasteiger partial charge in [-0.15, -0.1) is 0 Å². The molecule has 0 amide bonds. The molecule has 6 nitrogen and oxygen atoms in total. The second kappa shape index (κ2) is 10.0. The van der Waals surface area contributed by atoms with Gasteiger partial charge in [0.25, 0.3) is 0 Å². The number of carbonyl (C=O) groups excluding carboxylic acids is 1. The first-order valence-corrected chi connectivity index (χ1v) is 11.3. The third kappa shape index (κ3) is 5.04. The number of rotatable bonds is 9. The van der Waals surface area contributed by atoms with E-state index >= 15 is 0 Å². The van der Waals surface area contributed by atoms with Crippen molar-refractivity contribution in [1.29, 1.82) is 0 Å². The molecule has 3 aromatic carbocycles. The molecule has 1 atom stereocenters. The zero-order valence-corrected chi connectivity index (χ0v) is 19.5. The number of hydrogen-bond acceptors (Lipinski definition) is 5. The number of ether oxygens (including phenoxy) is 1. The Hall–Kier alpha value is -4.13. The number of fused-ring (bicyclic) bond motifs is 2. The number of Topliss-reactive ketones (excluding diaryl/α,β-unsaturated/α-hetero) is 1. The number of pyridine rings is 1. The summed E-state index contributed by atoms with van der Waals surface area (Å²) in [5, 5.41) is 11.2. The van der Waals surface area contributed by atoms with E-state index in [0.29, 0.717) is 22.9 Å². The van der Waals surface area contributed by atoms with E-state index < -0.39 is 23.0 Å². The van der Waals surface area contributed by atoms with Crippen molar-refractivity contribution in [3.05, 3.63) is 83.8 Å². The number of ketones is 1. The fraction of sp³-hybridized carbons (Fsp3) is 0.214. The highest BCUT2D eigenvalue weighted by atomic mass is 19.1. The monoisotopic (exact) mass is 472 g/mol. The summed E-state index contributed by atoms with van der Waals surface area (Å²) in [7, 11) is 0. The summed E-state index contributed by atoms with van der Waals surface area (Å²) in [5.41, 5.74) is 0.397. The van der Waals surface area contributed by atoms with Gasteiger partial charge in [0.05, 0.1) is 34.9 Å². The molecule has 178 valence electrons. The largest absolute Gasteiger partial charge is 0.486 e. The van der Waals surface area contributed by atoms with E-state index in [4.69, 9.17) is 4.74 Å². The SMILES string of the molecule is CCC(C)(CN=CC(=O)c1cc(F)c2ccccc2c1OCc1ccc2ccccc2n1)C(=O)O. The summed E-state index contributed by atoms with van der Waals surface area (Å²) in [6, 6.07) is 19.4. The Morgan fingerprint density at radius 3 is 2.54 bits per heavy atom. The Labute approximate surface area is 202 Å². The molecule has 0 aliphatic rings. The number of halogens is 1. The number of carboxylic acids is 1. The molecule has 0 saturated carbocycles. The van der Waals surface area contributed by atoms with Crippen LogP contribution in [0.1, 0.15) is 36.3 Å². The van der Waals surface area contributed by atoms with Crippen LogP contribution in [0.25, 0.3) is 21.7 Å². The highest BCUT2D eigenvalue weighted by molar-refractivity contribution is 6.36. The third-order valence-electron chi connectivity index (χ3n) is 6.18. The predicted octanol–water partition coefficient (Wildman–Crippen LogP) is 5.86. The number of aliphatic imine (C=N–C) groups is 1. The maximum atomic E-state index is 14.9. The minimum atomic E-state index is -1.09. The summed E-state index contributed by atoms with van der Waals surface area (Å²) < 4.78 is 20.9. The molecule has 1 N–H and O–H groups in total. The van der Waals surface area contributed by atoms with E-state index in [-0.39, 0.29) is 24.5 Å². The van der Waals surface area contributed by atoms with Crippen LogP contribution in [0, 0.1) is 11.2 Å². The number of hydrogen-bond donors (Lipinski definition) is 1. The van der Waals surface area contributed by atoms with Crippen LogP contribution in [0.5, 0.6) is 5.75 Å². The van der Waals surface area contributed by atoms with Crippen molar-refractivity contribution in [1.82, 2.24) is 4.98 Å². The normalized spacial score (nSPS) is 13.2. The summed E-state index contributed by atoms with van der Waals surface area (Å²) in [6.45, 7) is 3.32. The average molecular weight is 473 g/mol. The molecular weight excluding hydrogens is 447 g/mol. The number of carboxylic acid groups (broad SMARTS) is 1. The first-order chi connectivity index (χ1) is 16.8. The Morgan fingerprint density at radius 1 is 1.09 bits per heavy atom. The highest BCUT2D eigenvalue weighted by Crippen LogP contribution is 2.33. The molecule has 0 radical (unpaired) electrons. The van der Waals surface area contributed by atoms with Crippen molar-refractivity contribution in [2.45, 2.75) is 26.9 Å². The van der Waals surface area contributed by atoms with Gasteiger partial charge in [0, 0.05) is 16.2 Å². The smallest absolute Gasteiger partial charge is 0.311 e. The van der Waals surface area contributed by atoms with Gasteiger partial charge in [0.2, 0.25) is 5.78 Å². The lowest BCUT2D eigenvalue weighted by atomic mass is 9.88. The van der Waals surface area contributed by atoms with E-state index in [1.165, 1.54) is 0 Å². The summed E-state index contributed by atoms with van der Waals surface area (Å²) >= 11 is 0. The van der Waals surface area contributed by atoms with Gasteiger partial charge in [-0.2, -0.15) is 0 Å². The minimum absolute atomic E-state index is 0.0132. The lowest BCUT2D eigenvalue weighted by Crippen LogP contribution is -2.30. The molecule has 4 aromatic rings. The fourth-order valence-corrected chi connectivity index (χ4v) is 3.71. The fourth-order valence-electron chi connectivity index (χ4n) is 3.71. The maximum absolute atomic E-state index is 14.9. The molecule has 7 heteroatoms. The van der Waals surface area contributed by atoms with Gasteiger partial charge in [-0.05, 0) is 31.5 Å². The number of nitrogens with zero attached hydrogens (tertiary/aromatic N) is 2. The Bertz CT molecular complexity index is 1450. The van der Waals surface area contributed by atoms with Crippen LogP contribution in [0.2, 0.25) is 0 Å². The van der Waals surface area contributed by atoms with Crippen molar-refractivity contribution in [2.75, 3.05) is 6.54 Å². The third-order valence-corrected chi connectivity index (χ3v) is 6.18. The van der Waals surface area contributed by atoms with Gasteiger partial charge in [0.1, 0.15) is 18.2 Å². The summed E-state index contributed by atoms with van der Waals surface area (Å²) in [6.07, 6.45) is 1.40. The Morgan fingerprint density at radius 2 is 1.80 bits per heavy atom. The number of para-hydroxylation sites is 1. The topological polar surface area (TPSA) is 88.9 Å². The van der Waals surface area contributed by atoms with Gasteiger partial charge < -0.3 is 9.84 Å². The van der Waals surface area contributed by atoms with Crippen LogP contribution in [-0.4, -0.2) is 34.6 Å². The van der Waals surface area contributed by atoms with Crippen LogP contribution in [0.4, 0.5) is 4.39 Å². The molecule has 1 heterocycles. The van der Waals surface area contributed by atoms with Crippen LogP contribution in [0.3, 0.4) is 0 Å². The van der Waals surface area contributed by atoms with E-state index in [2.05, 4.69) is 9.98 Å². The maximum Gasteiger partial charge on any atom is 0.311 e. The van der Waals surface area contributed by atoms with Crippen molar-refractivity contribution >= 4 is 39.6 Å². The van der Waals surface area contributed by atoms with Gasteiger partial charge in [-0.3, -0.25) is 14.6 Å². The van der Waals surface area contributed by atoms with E-state index in [1.807, 2.05) is 36.4 Å². The minimum Gasteiger partial charge on any atom is -0.486 e. The standard InChI is InChI=1S/C28H25FN2O4/c1-3-28(2,27(33)34)17-30-15-25(32)22-14-23(29)20-9-5-6-10-21(20)26(22)35-16-19-13-12-18-8-4-7-11-24(18)31-19/h4-15H,3,16-17H2,1-2H3,(H,33,34). The van der Waals surface area contributed by atoms with Crippen LogP contribution >= 0.6 is 0 Å². The van der Waals surface area contributed by atoms with Crippen molar-refractivity contribution in [2.24, 2.45) is 10.4 Å². The van der Waals surface area contributed by atoms with Gasteiger partial charge in [-0.25, -0.2) is 9.37 Å². The molecule has 35 heavy (non-hydrogen) atoms. The summed E-state index contributed by atoms with van der Waals surface area (Å²) in [4.78, 5) is 33.2. The van der Waals surface area contributed by atoms with Crippen molar-refractivity contribution < 1.29 is 23.8 Å². The second-order valence-corrected chi connectivity index (χ2v) is 8.62. The molecule has 0 aliphatic heterocycles. The first kappa shape index (κ1) is 24.0. The number of carbonyl (C=O) groups is 2. The van der Waals surface area contributed by atoms with Crippen molar-refractivity contribution in [3.63, 3.8) is 0 Å². The van der Waals surface area contributed by atoms with Gasteiger partial charge >= 0.3 is 5.97 Å². The number of aromatic nitrogens is 1. The molecular formula is C28H25FN2O4. The lowest BCUT2D eigenvalue weighted by molar-refractivity contribution is -0.147. The predicted molar refractivity (Wildman–Crippen MR) is 134 cm³/mol. The molecule has 0 bridgehead atoms. The molecule has 0 fully saturated rings.